The molecule has 0 spiro atoms. The number of halogens is 1. The van der Waals surface area contributed by atoms with E-state index in [0.717, 1.165) is 22.9 Å². The first-order valence-electron chi connectivity index (χ1n) is 7.86. The maximum absolute atomic E-state index is 6.19. The van der Waals surface area contributed by atoms with Gasteiger partial charge in [0.1, 0.15) is 6.10 Å². The van der Waals surface area contributed by atoms with Crippen molar-refractivity contribution in [1.82, 2.24) is 0 Å². The van der Waals surface area contributed by atoms with Crippen LogP contribution in [0.2, 0.25) is 5.02 Å². The van der Waals surface area contributed by atoms with Crippen LogP contribution < -0.4 is 0 Å². The first-order valence-corrected chi connectivity index (χ1v) is 8.24. The number of hydrogen-bond donors (Lipinski definition) is 0. The third kappa shape index (κ3) is 2.52. The molecule has 0 amide bonds. The summed E-state index contributed by atoms with van der Waals surface area (Å²) in [4.78, 5) is 4.95. The third-order valence-electron chi connectivity index (χ3n) is 4.66. The lowest BCUT2D eigenvalue weighted by Crippen LogP contribution is -2.32. The van der Waals surface area contributed by atoms with Crippen molar-refractivity contribution in [2.75, 3.05) is 0 Å². The van der Waals surface area contributed by atoms with Crippen molar-refractivity contribution in [3.8, 4) is 0 Å². The van der Waals surface area contributed by atoms with Crippen molar-refractivity contribution in [1.29, 1.82) is 0 Å². The molecule has 2 nitrogen and oxygen atoms in total. The quantitative estimate of drug-likeness (QED) is 0.762. The lowest BCUT2D eigenvalue weighted by molar-refractivity contribution is 0.110. The molecule has 1 fully saturated rings. The molecule has 1 heterocycles. The molecule has 2 aromatic rings. The summed E-state index contributed by atoms with van der Waals surface area (Å²) in [5.41, 5.74) is 2.30. The van der Waals surface area contributed by atoms with Gasteiger partial charge in [0.25, 0.3) is 0 Å². The average molecular weight is 312 g/mol. The van der Waals surface area contributed by atoms with Gasteiger partial charge < -0.3 is 4.74 Å². The van der Waals surface area contributed by atoms with Crippen molar-refractivity contribution in [3.05, 3.63) is 70.7 Å². The lowest BCUT2D eigenvalue weighted by atomic mass is 9.89. The highest BCUT2D eigenvalue weighted by atomic mass is 35.5. The van der Waals surface area contributed by atoms with Gasteiger partial charge in [-0.2, -0.15) is 0 Å². The van der Waals surface area contributed by atoms with Crippen LogP contribution in [0.3, 0.4) is 0 Å². The standard InChI is InChI=1S/C19H18ClNO/c20-15-11-9-14(10-12-15)19-21-18(13-5-2-1-3-6-13)16-7-4-8-17(16)22-19/h1-3,5-6,9-12,16-18H,4,7-8H2/t16-,17+,18-/m0/s1. The number of ether oxygens (including phenoxy) is 1. The summed E-state index contributed by atoms with van der Waals surface area (Å²) < 4.78 is 6.19. The van der Waals surface area contributed by atoms with E-state index in [1.54, 1.807) is 0 Å². The second-order valence-electron chi connectivity index (χ2n) is 6.05. The fourth-order valence-corrected chi connectivity index (χ4v) is 3.69. The number of aliphatic imine (C=N–C) groups is 1. The second kappa shape index (κ2) is 5.77. The molecular weight excluding hydrogens is 294 g/mol. The smallest absolute Gasteiger partial charge is 0.216 e. The molecule has 1 saturated carbocycles. The molecule has 2 aliphatic rings. The monoisotopic (exact) mass is 311 g/mol. The van der Waals surface area contributed by atoms with Crippen molar-refractivity contribution in [2.45, 2.75) is 31.4 Å². The molecule has 112 valence electrons. The summed E-state index contributed by atoms with van der Waals surface area (Å²) in [5, 5.41) is 0.735. The zero-order valence-corrected chi connectivity index (χ0v) is 13.0. The van der Waals surface area contributed by atoms with Gasteiger partial charge in [-0.05, 0) is 49.1 Å². The zero-order chi connectivity index (χ0) is 14.9. The van der Waals surface area contributed by atoms with Crippen LogP contribution in [0.4, 0.5) is 0 Å². The van der Waals surface area contributed by atoms with Gasteiger partial charge >= 0.3 is 0 Å². The highest BCUT2D eigenvalue weighted by Gasteiger charge is 2.40. The summed E-state index contributed by atoms with van der Waals surface area (Å²) in [6.45, 7) is 0. The lowest BCUT2D eigenvalue weighted by Gasteiger charge is -2.32. The van der Waals surface area contributed by atoms with Crippen LogP contribution >= 0.6 is 11.6 Å². The molecule has 0 saturated heterocycles. The highest BCUT2D eigenvalue weighted by Crippen LogP contribution is 2.43. The molecule has 2 aromatic carbocycles. The molecule has 0 unspecified atom stereocenters. The fourth-order valence-electron chi connectivity index (χ4n) is 3.57. The summed E-state index contributed by atoms with van der Waals surface area (Å²) >= 11 is 5.98. The van der Waals surface area contributed by atoms with Crippen molar-refractivity contribution in [2.24, 2.45) is 10.9 Å². The molecule has 0 N–H and O–H groups in total. The fraction of sp³-hybridized carbons (Fsp3) is 0.316. The van der Waals surface area contributed by atoms with E-state index in [1.807, 2.05) is 24.3 Å². The number of hydrogen-bond acceptors (Lipinski definition) is 2. The maximum atomic E-state index is 6.19. The van der Waals surface area contributed by atoms with Crippen LogP contribution in [-0.4, -0.2) is 12.0 Å². The van der Waals surface area contributed by atoms with Gasteiger partial charge in [-0.15, -0.1) is 0 Å². The Kier molecular flexibility index (Phi) is 3.63. The number of nitrogens with zero attached hydrogens (tertiary/aromatic N) is 1. The summed E-state index contributed by atoms with van der Waals surface area (Å²) in [6, 6.07) is 18.5. The third-order valence-corrected chi connectivity index (χ3v) is 4.91. The van der Waals surface area contributed by atoms with Gasteiger partial charge in [0, 0.05) is 16.5 Å². The van der Waals surface area contributed by atoms with Crippen LogP contribution in [0, 0.1) is 5.92 Å². The Labute approximate surface area is 135 Å². The Morgan fingerprint density at radius 2 is 1.73 bits per heavy atom. The molecule has 4 rings (SSSR count). The second-order valence-corrected chi connectivity index (χ2v) is 6.48. The van der Waals surface area contributed by atoms with E-state index in [0.29, 0.717) is 5.92 Å². The normalized spacial score (nSPS) is 27.0. The van der Waals surface area contributed by atoms with Gasteiger partial charge in [0.2, 0.25) is 5.90 Å². The van der Waals surface area contributed by atoms with Gasteiger partial charge in [0.05, 0.1) is 6.04 Å². The highest BCUT2D eigenvalue weighted by molar-refractivity contribution is 6.30. The van der Waals surface area contributed by atoms with Gasteiger partial charge in [0.15, 0.2) is 0 Å². The van der Waals surface area contributed by atoms with E-state index in [-0.39, 0.29) is 12.1 Å². The van der Waals surface area contributed by atoms with Crippen molar-refractivity contribution in [3.63, 3.8) is 0 Å². The largest absolute Gasteiger partial charge is 0.474 e. The van der Waals surface area contributed by atoms with E-state index in [1.165, 1.54) is 18.4 Å². The van der Waals surface area contributed by atoms with E-state index < -0.39 is 0 Å². The van der Waals surface area contributed by atoms with Gasteiger partial charge in [-0.3, -0.25) is 0 Å². The van der Waals surface area contributed by atoms with Crippen molar-refractivity contribution < 1.29 is 4.74 Å². The van der Waals surface area contributed by atoms with Crippen LogP contribution in [0.5, 0.6) is 0 Å². The van der Waals surface area contributed by atoms with E-state index in [2.05, 4.69) is 30.3 Å². The summed E-state index contributed by atoms with van der Waals surface area (Å²) in [7, 11) is 0. The average Bonchev–Trinajstić information content (AvgIpc) is 3.04. The van der Waals surface area contributed by atoms with Gasteiger partial charge in [-0.25, -0.2) is 4.99 Å². The minimum absolute atomic E-state index is 0.202. The molecule has 1 aliphatic carbocycles. The molecule has 22 heavy (non-hydrogen) atoms. The number of rotatable bonds is 2. The molecule has 0 bridgehead atoms. The molecule has 1 aliphatic heterocycles. The predicted molar refractivity (Wildman–Crippen MR) is 89.4 cm³/mol. The van der Waals surface area contributed by atoms with Crippen LogP contribution in [0.25, 0.3) is 0 Å². The number of fused-ring (bicyclic) bond motifs is 1. The summed E-state index contributed by atoms with van der Waals surface area (Å²) in [6.07, 6.45) is 3.83. The van der Waals surface area contributed by atoms with Crippen LogP contribution in [0.15, 0.2) is 59.6 Å². The molecule has 0 aromatic heterocycles. The topological polar surface area (TPSA) is 21.6 Å². The van der Waals surface area contributed by atoms with E-state index in [9.17, 15) is 0 Å². The minimum Gasteiger partial charge on any atom is -0.474 e. The Hall–Kier alpha value is -1.80. The zero-order valence-electron chi connectivity index (χ0n) is 12.3. The Bertz CT molecular complexity index is 680. The van der Waals surface area contributed by atoms with Crippen molar-refractivity contribution >= 4 is 17.5 Å². The first-order chi connectivity index (χ1) is 10.8. The Morgan fingerprint density at radius 1 is 0.955 bits per heavy atom. The van der Waals surface area contributed by atoms with E-state index in [4.69, 9.17) is 21.3 Å². The van der Waals surface area contributed by atoms with Crippen LogP contribution in [0.1, 0.15) is 36.4 Å². The maximum Gasteiger partial charge on any atom is 0.216 e. The Morgan fingerprint density at radius 3 is 2.50 bits per heavy atom. The molecule has 3 heteroatoms. The predicted octanol–water partition coefficient (Wildman–Crippen LogP) is 5.03. The first kappa shape index (κ1) is 13.8. The van der Waals surface area contributed by atoms with Crippen LogP contribution in [-0.2, 0) is 4.74 Å². The van der Waals surface area contributed by atoms with E-state index >= 15 is 0 Å². The summed E-state index contributed by atoms with van der Waals surface area (Å²) in [5.74, 6) is 1.26. The molecular formula is C19H18ClNO. The Balaban J connectivity index is 1.74. The molecule has 0 radical (unpaired) electrons. The number of benzene rings is 2. The SMILES string of the molecule is Clc1ccc(C2=N[C@@H](c3ccccc3)[C@H]3CCC[C@H]3O2)cc1. The van der Waals surface area contributed by atoms with Gasteiger partial charge in [-0.1, -0.05) is 41.9 Å². The molecule has 3 atom stereocenters. The minimum atomic E-state index is 0.202.